The van der Waals surface area contributed by atoms with Crippen molar-refractivity contribution >= 4 is 11.8 Å². The second kappa shape index (κ2) is 7.43. The summed E-state index contributed by atoms with van der Waals surface area (Å²) in [6.07, 6.45) is 7.34. The third-order valence-corrected chi connectivity index (χ3v) is 3.78. The van der Waals surface area contributed by atoms with Gasteiger partial charge in [0, 0.05) is 38.9 Å². The van der Waals surface area contributed by atoms with Gasteiger partial charge in [0.2, 0.25) is 5.95 Å². The van der Waals surface area contributed by atoms with E-state index in [9.17, 15) is 0 Å². The molecular formula is C15H27N5. The zero-order chi connectivity index (χ0) is 14.4. The largest absolute Gasteiger partial charge is 0.362 e. The summed E-state index contributed by atoms with van der Waals surface area (Å²) in [5.41, 5.74) is 1.10. The molecule has 5 nitrogen and oxygen atoms in total. The highest BCUT2D eigenvalue weighted by Gasteiger charge is 2.09. The van der Waals surface area contributed by atoms with Crippen LogP contribution in [0.1, 0.15) is 31.2 Å². The Morgan fingerprint density at radius 2 is 1.90 bits per heavy atom. The summed E-state index contributed by atoms with van der Waals surface area (Å²) < 4.78 is 0. The van der Waals surface area contributed by atoms with E-state index in [4.69, 9.17) is 0 Å². The second-order valence-corrected chi connectivity index (χ2v) is 5.78. The first-order valence-corrected chi connectivity index (χ1v) is 7.64. The molecule has 20 heavy (non-hydrogen) atoms. The van der Waals surface area contributed by atoms with E-state index in [1.807, 2.05) is 32.1 Å². The standard InChI is InChI=1S/C15H27N5/c1-13-12-17-15(18-14(13)19(2)3)16-8-11-20-9-6-4-5-7-10-20/h12H,4-11H2,1-3H3,(H,16,17,18). The minimum absolute atomic E-state index is 0.731. The lowest BCUT2D eigenvalue weighted by atomic mass is 10.2. The molecule has 0 amide bonds. The summed E-state index contributed by atoms with van der Waals surface area (Å²) in [6.45, 7) is 6.50. The highest BCUT2D eigenvalue weighted by molar-refractivity contribution is 5.47. The number of rotatable bonds is 5. The number of likely N-dealkylation sites (tertiary alicyclic amines) is 1. The molecule has 0 spiro atoms. The van der Waals surface area contributed by atoms with Gasteiger partial charge in [-0.05, 0) is 32.9 Å². The van der Waals surface area contributed by atoms with E-state index in [0.717, 1.165) is 30.4 Å². The molecule has 0 bridgehead atoms. The van der Waals surface area contributed by atoms with Crippen LogP contribution in [0, 0.1) is 6.92 Å². The van der Waals surface area contributed by atoms with Gasteiger partial charge >= 0.3 is 0 Å². The molecule has 1 N–H and O–H groups in total. The summed E-state index contributed by atoms with van der Waals surface area (Å²) in [4.78, 5) is 13.5. The highest BCUT2D eigenvalue weighted by Crippen LogP contribution is 2.15. The number of nitrogens with zero attached hydrogens (tertiary/aromatic N) is 4. The zero-order valence-corrected chi connectivity index (χ0v) is 13.0. The smallest absolute Gasteiger partial charge is 0.224 e. The van der Waals surface area contributed by atoms with E-state index in [0.29, 0.717) is 0 Å². The molecular weight excluding hydrogens is 250 g/mol. The molecule has 1 aliphatic rings. The van der Waals surface area contributed by atoms with Crippen LogP contribution < -0.4 is 10.2 Å². The zero-order valence-electron chi connectivity index (χ0n) is 13.0. The minimum Gasteiger partial charge on any atom is -0.362 e. The van der Waals surface area contributed by atoms with Crippen LogP contribution in [0.4, 0.5) is 11.8 Å². The van der Waals surface area contributed by atoms with Crippen LogP contribution in [-0.4, -0.2) is 55.1 Å². The van der Waals surface area contributed by atoms with Crippen LogP contribution >= 0.6 is 0 Å². The van der Waals surface area contributed by atoms with Crippen molar-refractivity contribution in [3.8, 4) is 0 Å². The number of aromatic nitrogens is 2. The van der Waals surface area contributed by atoms with Crippen molar-refractivity contribution in [2.45, 2.75) is 32.6 Å². The summed E-state index contributed by atoms with van der Waals surface area (Å²) >= 11 is 0. The van der Waals surface area contributed by atoms with Crippen molar-refractivity contribution in [1.29, 1.82) is 0 Å². The van der Waals surface area contributed by atoms with Crippen molar-refractivity contribution in [2.24, 2.45) is 0 Å². The van der Waals surface area contributed by atoms with Crippen molar-refractivity contribution in [1.82, 2.24) is 14.9 Å². The van der Waals surface area contributed by atoms with Crippen molar-refractivity contribution in [2.75, 3.05) is 50.5 Å². The maximum Gasteiger partial charge on any atom is 0.224 e. The van der Waals surface area contributed by atoms with Gasteiger partial charge in [0.05, 0.1) is 0 Å². The van der Waals surface area contributed by atoms with Gasteiger partial charge in [0.15, 0.2) is 0 Å². The van der Waals surface area contributed by atoms with Crippen LogP contribution in [-0.2, 0) is 0 Å². The monoisotopic (exact) mass is 277 g/mol. The van der Waals surface area contributed by atoms with E-state index in [1.54, 1.807) is 0 Å². The molecule has 0 atom stereocenters. The number of anilines is 2. The van der Waals surface area contributed by atoms with E-state index in [1.165, 1.54) is 38.8 Å². The Morgan fingerprint density at radius 3 is 2.55 bits per heavy atom. The number of aryl methyl sites for hydroxylation is 1. The molecule has 0 radical (unpaired) electrons. The minimum atomic E-state index is 0.731. The Balaban J connectivity index is 1.83. The lowest BCUT2D eigenvalue weighted by Crippen LogP contribution is -2.30. The molecule has 1 aromatic rings. The Morgan fingerprint density at radius 1 is 1.20 bits per heavy atom. The first-order chi connectivity index (χ1) is 9.66. The topological polar surface area (TPSA) is 44.3 Å². The Labute approximate surface area is 122 Å². The summed E-state index contributed by atoms with van der Waals surface area (Å²) in [6, 6.07) is 0. The summed E-state index contributed by atoms with van der Waals surface area (Å²) in [7, 11) is 4.02. The Bertz CT molecular complexity index is 411. The van der Waals surface area contributed by atoms with Gasteiger partial charge in [0.25, 0.3) is 0 Å². The van der Waals surface area contributed by atoms with Crippen molar-refractivity contribution < 1.29 is 0 Å². The van der Waals surface area contributed by atoms with E-state index >= 15 is 0 Å². The fourth-order valence-electron chi connectivity index (χ4n) is 2.66. The molecule has 0 unspecified atom stereocenters. The van der Waals surface area contributed by atoms with Gasteiger partial charge in [-0.25, -0.2) is 4.98 Å². The van der Waals surface area contributed by atoms with Crippen molar-refractivity contribution in [3.05, 3.63) is 11.8 Å². The molecule has 0 aliphatic carbocycles. The van der Waals surface area contributed by atoms with Gasteiger partial charge in [-0.1, -0.05) is 12.8 Å². The number of nitrogens with one attached hydrogen (secondary N) is 1. The first kappa shape index (κ1) is 15.0. The van der Waals surface area contributed by atoms with Gasteiger partial charge < -0.3 is 15.1 Å². The average molecular weight is 277 g/mol. The predicted octanol–water partition coefficient (Wildman–Crippen LogP) is 2.14. The lowest BCUT2D eigenvalue weighted by molar-refractivity contribution is 0.296. The normalized spacial score (nSPS) is 16.8. The summed E-state index contributed by atoms with van der Waals surface area (Å²) in [5, 5.41) is 3.34. The SMILES string of the molecule is Cc1cnc(NCCN2CCCCCC2)nc1N(C)C. The first-order valence-electron chi connectivity index (χ1n) is 7.64. The van der Waals surface area contributed by atoms with Gasteiger partial charge in [-0.15, -0.1) is 0 Å². The van der Waals surface area contributed by atoms with Crippen LogP contribution in [0.15, 0.2) is 6.20 Å². The Kier molecular flexibility index (Phi) is 5.59. The maximum absolute atomic E-state index is 4.56. The van der Waals surface area contributed by atoms with Crippen LogP contribution in [0.2, 0.25) is 0 Å². The predicted molar refractivity (Wildman–Crippen MR) is 84.5 cm³/mol. The molecule has 1 fully saturated rings. The molecule has 1 aromatic heterocycles. The second-order valence-electron chi connectivity index (χ2n) is 5.78. The molecule has 2 rings (SSSR count). The highest BCUT2D eigenvalue weighted by atomic mass is 15.2. The third kappa shape index (κ3) is 4.34. The molecule has 0 aromatic carbocycles. The molecule has 5 heteroatoms. The van der Waals surface area contributed by atoms with E-state index < -0.39 is 0 Å². The maximum atomic E-state index is 4.56. The van der Waals surface area contributed by atoms with Crippen LogP contribution in [0.3, 0.4) is 0 Å². The van der Waals surface area contributed by atoms with Crippen LogP contribution in [0.5, 0.6) is 0 Å². The molecule has 1 saturated heterocycles. The van der Waals surface area contributed by atoms with Crippen LogP contribution in [0.25, 0.3) is 0 Å². The van der Waals surface area contributed by atoms with Gasteiger partial charge in [-0.2, -0.15) is 4.98 Å². The summed E-state index contributed by atoms with van der Waals surface area (Å²) in [5.74, 6) is 1.71. The number of hydrogen-bond acceptors (Lipinski definition) is 5. The molecule has 112 valence electrons. The fourth-order valence-corrected chi connectivity index (χ4v) is 2.66. The molecule has 2 heterocycles. The fraction of sp³-hybridized carbons (Fsp3) is 0.733. The Hall–Kier alpha value is -1.36. The van der Waals surface area contributed by atoms with E-state index in [-0.39, 0.29) is 0 Å². The van der Waals surface area contributed by atoms with Gasteiger partial charge in [-0.3, -0.25) is 0 Å². The third-order valence-electron chi connectivity index (χ3n) is 3.78. The molecule has 0 saturated carbocycles. The van der Waals surface area contributed by atoms with Gasteiger partial charge in [0.1, 0.15) is 5.82 Å². The molecule has 1 aliphatic heterocycles. The lowest BCUT2D eigenvalue weighted by Gasteiger charge is -2.20. The number of hydrogen-bond donors (Lipinski definition) is 1. The average Bonchev–Trinajstić information content (AvgIpc) is 2.69. The quantitative estimate of drug-likeness (QED) is 0.893. The van der Waals surface area contributed by atoms with E-state index in [2.05, 4.69) is 20.2 Å². The van der Waals surface area contributed by atoms with Crippen molar-refractivity contribution in [3.63, 3.8) is 0 Å².